The molecule has 0 saturated carbocycles. The molecule has 6 heteroatoms. The van der Waals surface area contributed by atoms with E-state index in [0.717, 1.165) is 48.3 Å². The third-order valence-corrected chi connectivity index (χ3v) is 5.61. The van der Waals surface area contributed by atoms with Crippen LogP contribution < -0.4 is 5.73 Å². The second kappa shape index (κ2) is 8.01. The van der Waals surface area contributed by atoms with E-state index >= 15 is 0 Å². The van der Waals surface area contributed by atoms with Crippen molar-refractivity contribution in [3.05, 3.63) is 51.2 Å². The normalized spacial score (nSPS) is 15.6. The van der Waals surface area contributed by atoms with Gasteiger partial charge in [-0.2, -0.15) is 0 Å². The Balaban J connectivity index is 1.44. The number of nitrogens with two attached hydrogens (primary N) is 1. The number of benzene rings is 1. The maximum Gasteiger partial charge on any atom is 0.222 e. The van der Waals surface area contributed by atoms with Crippen LogP contribution in [0.3, 0.4) is 0 Å². The molecule has 0 unspecified atom stereocenters. The van der Waals surface area contributed by atoms with Crippen molar-refractivity contribution in [3.63, 3.8) is 0 Å². The highest BCUT2D eigenvalue weighted by Crippen LogP contribution is 2.23. The van der Waals surface area contributed by atoms with E-state index in [1.165, 1.54) is 4.88 Å². The van der Waals surface area contributed by atoms with Gasteiger partial charge in [-0.05, 0) is 30.2 Å². The molecule has 1 fully saturated rings. The number of anilines is 1. The summed E-state index contributed by atoms with van der Waals surface area (Å²) >= 11 is 7.60. The number of thiophene rings is 1. The molecule has 2 N–H and O–H groups in total. The van der Waals surface area contributed by atoms with Crippen molar-refractivity contribution >= 4 is 34.5 Å². The lowest BCUT2D eigenvalue weighted by Crippen LogP contribution is -2.48. The molecule has 24 heavy (non-hydrogen) atoms. The Morgan fingerprint density at radius 1 is 1.12 bits per heavy atom. The monoisotopic (exact) mass is 363 g/mol. The molecule has 3 rings (SSSR count). The van der Waals surface area contributed by atoms with Crippen molar-refractivity contribution in [3.8, 4) is 0 Å². The molecule has 1 aliphatic rings. The van der Waals surface area contributed by atoms with Crippen LogP contribution in [0.15, 0.2) is 36.4 Å². The van der Waals surface area contributed by atoms with Crippen LogP contribution in [0.25, 0.3) is 0 Å². The predicted octanol–water partition coefficient (Wildman–Crippen LogP) is 3.26. The summed E-state index contributed by atoms with van der Waals surface area (Å²) in [6, 6.07) is 11.8. The van der Waals surface area contributed by atoms with Crippen LogP contribution in [0.2, 0.25) is 4.34 Å². The average molecular weight is 364 g/mol. The minimum Gasteiger partial charge on any atom is -0.399 e. The van der Waals surface area contributed by atoms with Gasteiger partial charge in [0.25, 0.3) is 0 Å². The molecule has 2 aromatic rings. The van der Waals surface area contributed by atoms with Crippen LogP contribution in [0.1, 0.15) is 16.9 Å². The van der Waals surface area contributed by atoms with Crippen LogP contribution in [0.5, 0.6) is 0 Å². The Hall–Kier alpha value is -1.56. The van der Waals surface area contributed by atoms with E-state index in [1.54, 1.807) is 11.3 Å². The topological polar surface area (TPSA) is 49.6 Å². The first-order valence-corrected chi connectivity index (χ1v) is 9.39. The number of carbonyl (C=O) groups is 1. The zero-order valence-electron chi connectivity index (χ0n) is 13.6. The Bertz CT molecular complexity index is 695. The molecule has 1 saturated heterocycles. The fourth-order valence-corrected chi connectivity index (χ4v) is 4.10. The number of halogens is 1. The summed E-state index contributed by atoms with van der Waals surface area (Å²) in [5.41, 5.74) is 7.76. The summed E-state index contributed by atoms with van der Waals surface area (Å²) in [5, 5.41) is 0. The SMILES string of the molecule is Nc1ccccc1CCC(=O)N1CCN(Cc2ccc(Cl)s2)CC1. The van der Waals surface area contributed by atoms with Gasteiger partial charge in [-0.15, -0.1) is 11.3 Å². The molecule has 4 nitrogen and oxygen atoms in total. The number of nitrogen functional groups attached to an aromatic ring is 1. The number of nitrogens with zero attached hydrogens (tertiary/aromatic N) is 2. The lowest BCUT2D eigenvalue weighted by molar-refractivity contribution is -0.132. The maximum atomic E-state index is 12.4. The Morgan fingerprint density at radius 2 is 1.88 bits per heavy atom. The highest BCUT2D eigenvalue weighted by Gasteiger charge is 2.21. The van der Waals surface area contributed by atoms with Crippen molar-refractivity contribution in [2.75, 3.05) is 31.9 Å². The smallest absolute Gasteiger partial charge is 0.222 e. The largest absolute Gasteiger partial charge is 0.399 e. The summed E-state index contributed by atoms with van der Waals surface area (Å²) in [6.07, 6.45) is 1.23. The highest BCUT2D eigenvalue weighted by atomic mass is 35.5. The van der Waals surface area contributed by atoms with Gasteiger partial charge in [-0.1, -0.05) is 29.8 Å². The van der Waals surface area contributed by atoms with E-state index in [0.29, 0.717) is 12.8 Å². The molecule has 2 heterocycles. The Kier molecular flexibility index (Phi) is 5.76. The van der Waals surface area contributed by atoms with Gasteiger partial charge in [-0.3, -0.25) is 9.69 Å². The van der Waals surface area contributed by atoms with Gasteiger partial charge in [0.1, 0.15) is 0 Å². The second-order valence-electron chi connectivity index (χ2n) is 6.06. The average Bonchev–Trinajstić information content (AvgIpc) is 2.99. The highest BCUT2D eigenvalue weighted by molar-refractivity contribution is 7.16. The summed E-state index contributed by atoms with van der Waals surface area (Å²) in [4.78, 5) is 18.0. The first-order valence-electron chi connectivity index (χ1n) is 8.19. The van der Waals surface area contributed by atoms with Crippen molar-refractivity contribution in [1.82, 2.24) is 9.80 Å². The number of rotatable bonds is 5. The van der Waals surface area contributed by atoms with Gasteiger partial charge in [0.15, 0.2) is 0 Å². The fraction of sp³-hybridized carbons (Fsp3) is 0.389. The van der Waals surface area contributed by atoms with Crippen LogP contribution in [-0.4, -0.2) is 41.9 Å². The zero-order valence-corrected chi connectivity index (χ0v) is 15.2. The van der Waals surface area contributed by atoms with E-state index in [2.05, 4.69) is 11.0 Å². The molecular formula is C18H22ClN3OS. The van der Waals surface area contributed by atoms with Crippen molar-refractivity contribution in [2.24, 2.45) is 0 Å². The van der Waals surface area contributed by atoms with Gasteiger partial charge in [0, 0.05) is 49.7 Å². The molecule has 0 aliphatic carbocycles. The van der Waals surface area contributed by atoms with E-state index < -0.39 is 0 Å². The van der Waals surface area contributed by atoms with E-state index in [4.69, 9.17) is 17.3 Å². The first kappa shape index (κ1) is 17.3. The lowest BCUT2D eigenvalue weighted by Gasteiger charge is -2.34. The van der Waals surface area contributed by atoms with Gasteiger partial charge < -0.3 is 10.6 Å². The Labute approximate surface area is 151 Å². The summed E-state index contributed by atoms with van der Waals surface area (Å²) in [5.74, 6) is 0.220. The standard InChI is InChI=1S/C18H22ClN3OS/c19-17-7-6-15(24-17)13-21-9-11-22(12-10-21)18(23)8-5-14-3-1-2-4-16(14)20/h1-4,6-7H,5,8-13,20H2. The molecule has 0 bridgehead atoms. The van der Waals surface area contributed by atoms with Crippen molar-refractivity contribution in [1.29, 1.82) is 0 Å². The maximum absolute atomic E-state index is 12.4. The third kappa shape index (κ3) is 4.50. The Morgan fingerprint density at radius 3 is 2.54 bits per heavy atom. The molecule has 0 atom stereocenters. The summed E-state index contributed by atoms with van der Waals surface area (Å²) in [7, 11) is 0. The molecule has 1 aromatic heterocycles. The number of amides is 1. The van der Waals surface area contributed by atoms with Crippen LogP contribution in [0.4, 0.5) is 5.69 Å². The molecule has 1 aliphatic heterocycles. The molecule has 128 valence electrons. The molecule has 0 spiro atoms. The van der Waals surface area contributed by atoms with Crippen molar-refractivity contribution < 1.29 is 4.79 Å². The number of hydrogen-bond donors (Lipinski definition) is 1. The van der Waals surface area contributed by atoms with Gasteiger partial charge in [0.05, 0.1) is 4.34 Å². The van der Waals surface area contributed by atoms with Gasteiger partial charge in [-0.25, -0.2) is 0 Å². The van der Waals surface area contributed by atoms with E-state index in [-0.39, 0.29) is 5.91 Å². The fourth-order valence-electron chi connectivity index (χ4n) is 2.97. The second-order valence-corrected chi connectivity index (χ2v) is 7.86. The van der Waals surface area contributed by atoms with Crippen LogP contribution >= 0.6 is 22.9 Å². The minimum atomic E-state index is 0.220. The third-order valence-electron chi connectivity index (χ3n) is 4.40. The van der Waals surface area contributed by atoms with Crippen molar-refractivity contribution in [2.45, 2.75) is 19.4 Å². The molecule has 1 amide bonds. The quantitative estimate of drug-likeness (QED) is 0.829. The number of piperazine rings is 1. The van der Waals surface area contributed by atoms with Gasteiger partial charge in [0.2, 0.25) is 5.91 Å². The number of para-hydroxylation sites is 1. The molecular weight excluding hydrogens is 342 g/mol. The predicted molar refractivity (Wildman–Crippen MR) is 100 cm³/mol. The lowest BCUT2D eigenvalue weighted by atomic mass is 10.1. The minimum absolute atomic E-state index is 0.220. The van der Waals surface area contributed by atoms with E-state index in [1.807, 2.05) is 35.2 Å². The van der Waals surface area contributed by atoms with E-state index in [9.17, 15) is 4.79 Å². The number of carbonyl (C=O) groups excluding carboxylic acids is 1. The number of hydrogen-bond acceptors (Lipinski definition) is 4. The zero-order chi connectivity index (χ0) is 16.9. The molecule has 0 radical (unpaired) electrons. The molecule has 1 aromatic carbocycles. The summed E-state index contributed by atoms with van der Waals surface area (Å²) in [6.45, 7) is 4.33. The van der Waals surface area contributed by atoms with Crippen LogP contribution in [0, 0.1) is 0 Å². The van der Waals surface area contributed by atoms with Crippen LogP contribution in [-0.2, 0) is 17.8 Å². The summed E-state index contributed by atoms with van der Waals surface area (Å²) < 4.78 is 0.832. The number of aryl methyl sites for hydroxylation is 1. The van der Waals surface area contributed by atoms with Gasteiger partial charge >= 0.3 is 0 Å². The first-order chi connectivity index (χ1) is 11.6.